The maximum absolute atomic E-state index is 13.0. The number of nitro benzene ring substituents is 1. The summed E-state index contributed by atoms with van der Waals surface area (Å²) in [6.07, 6.45) is -4.66. The number of anilines is 1. The Kier molecular flexibility index (Phi) is 4.30. The number of nitrogens with one attached hydrogen (secondary N) is 1. The average Bonchev–Trinajstić information content (AvgIpc) is 2.45. The number of nitrogens with zero attached hydrogens (tertiary/aromatic N) is 1. The van der Waals surface area contributed by atoms with Gasteiger partial charge in [0, 0.05) is 24.4 Å². The van der Waals surface area contributed by atoms with Gasteiger partial charge in [0.05, 0.1) is 10.5 Å². The Hall–Kier alpha value is -2.64. The Morgan fingerprint density at radius 2 is 1.73 bits per heavy atom. The molecule has 0 aliphatic carbocycles. The van der Waals surface area contributed by atoms with Crippen LogP contribution in [0, 0.1) is 15.9 Å². The van der Waals surface area contributed by atoms with Crippen LogP contribution in [0.25, 0.3) is 0 Å². The fourth-order valence-corrected chi connectivity index (χ4v) is 1.87. The molecule has 1 N–H and O–H groups in total. The van der Waals surface area contributed by atoms with E-state index in [2.05, 4.69) is 5.32 Å². The molecule has 0 amide bonds. The van der Waals surface area contributed by atoms with E-state index >= 15 is 0 Å². The van der Waals surface area contributed by atoms with E-state index < -0.39 is 22.5 Å². The van der Waals surface area contributed by atoms with Crippen molar-refractivity contribution in [3.05, 3.63) is 69.5 Å². The maximum atomic E-state index is 13.0. The quantitative estimate of drug-likeness (QED) is 0.518. The molecular formula is C14H10F4N2O2. The van der Waals surface area contributed by atoms with E-state index in [1.807, 2.05) is 0 Å². The summed E-state index contributed by atoms with van der Waals surface area (Å²) in [4.78, 5) is 9.93. The van der Waals surface area contributed by atoms with Crippen molar-refractivity contribution in [1.82, 2.24) is 0 Å². The van der Waals surface area contributed by atoms with Crippen LogP contribution in [0.15, 0.2) is 42.5 Å². The summed E-state index contributed by atoms with van der Waals surface area (Å²) in [7, 11) is 0. The fourth-order valence-electron chi connectivity index (χ4n) is 1.87. The number of nitro groups is 1. The molecule has 2 rings (SSSR count). The maximum Gasteiger partial charge on any atom is 0.416 e. The highest BCUT2D eigenvalue weighted by Crippen LogP contribution is 2.33. The molecule has 2 aromatic carbocycles. The van der Waals surface area contributed by atoms with Gasteiger partial charge in [-0.15, -0.1) is 0 Å². The number of alkyl halides is 3. The molecule has 22 heavy (non-hydrogen) atoms. The number of halogens is 4. The summed E-state index contributed by atoms with van der Waals surface area (Å²) in [5.74, 6) is -0.966. The van der Waals surface area contributed by atoms with E-state index in [1.54, 1.807) is 0 Å². The number of non-ortho nitro benzene ring substituents is 1. The van der Waals surface area contributed by atoms with Gasteiger partial charge in [0.15, 0.2) is 0 Å². The Labute approximate surface area is 122 Å². The van der Waals surface area contributed by atoms with E-state index in [1.165, 1.54) is 24.3 Å². The summed E-state index contributed by atoms with van der Waals surface area (Å²) in [5.41, 5.74) is -0.875. The van der Waals surface area contributed by atoms with Crippen LogP contribution in [-0.2, 0) is 12.7 Å². The highest BCUT2D eigenvalue weighted by atomic mass is 19.4. The van der Waals surface area contributed by atoms with Crippen LogP contribution in [0.5, 0.6) is 0 Å². The Bertz CT molecular complexity index is 684. The molecule has 0 fully saturated rings. The molecule has 0 saturated heterocycles. The lowest BCUT2D eigenvalue weighted by atomic mass is 10.1. The van der Waals surface area contributed by atoms with E-state index in [9.17, 15) is 27.7 Å². The van der Waals surface area contributed by atoms with Crippen LogP contribution in [0.2, 0.25) is 0 Å². The first-order chi connectivity index (χ1) is 10.3. The average molecular weight is 314 g/mol. The summed E-state index contributed by atoms with van der Waals surface area (Å²) in [6, 6.07) is 7.67. The third kappa shape index (κ3) is 3.72. The second kappa shape index (κ2) is 6.00. The lowest BCUT2D eigenvalue weighted by molar-refractivity contribution is -0.384. The zero-order valence-corrected chi connectivity index (χ0v) is 11.0. The molecule has 4 nitrogen and oxygen atoms in total. The Balaban J connectivity index is 2.16. The minimum Gasteiger partial charge on any atom is -0.381 e. The molecule has 0 spiro atoms. The third-order valence-corrected chi connectivity index (χ3v) is 2.94. The van der Waals surface area contributed by atoms with Crippen molar-refractivity contribution in [1.29, 1.82) is 0 Å². The van der Waals surface area contributed by atoms with Gasteiger partial charge in [-0.25, -0.2) is 4.39 Å². The molecule has 0 saturated carbocycles. The molecule has 0 unspecified atom stereocenters. The zero-order valence-electron chi connectivity index (χ0n) is 11.0. The number of hydrogen-bond donors (Lipinski definition) is 1. The summed E-state index contributed by atoms with van der Waals surface area (Å²) in [5, 5.41) is 13.2. The fraction of sp³-hybridized carbons (Fsp3) is 0.143. The SMILES string of the molecule is O=[N+]([O-])c1ccc(NCc2ccc(F)cc2C(F)(F)F)cc1. The van der Waals surface area contributed by atoms with E-state index in [4.69, 9.17) is 0 Å². The van der Waals surface area contributed by atoms with Crippen LogP contribution >= 0.6 is 0 Å². The van der Waals surface area contributed by atoms with E-state index in [0.29, 0.717) is 11.8 Å². The molecule has 0 heterocycles. The van der Waals surface area contributed by atoms with Gasteiger partial charge < -0.3 is 5.32 Å². The first-order valence-corrected chi connectivity index (χ1v) is 6.11. The first kappa shape index (κ1) is 15.7. The van der Waals surface area contributed by atoms with Crippen molar-refractivity contribution < 1.29 is 22.5 Å². The third-order valence-electron chi connectivity index (χ3n) is 2.94. The highest BCUT2D eigenvalue weighted by molar-refractivity contribution is 5.49. The zero-order chi connectivity index (χ0) is 16.3. The summed E-state index contributed by atoms with van der Waals surface area (Å²) >= 11 is 0. The number of benzene rings is 2. The summed E-state index contributed by atoms with van der Waals surface area (Å²) in [6.45, 7) is -0.188. The predicted octanol–water partition coefficient (Wildman–Crippen LogP) is 4.36. The molecule has 0 bridgehead atoms. The first-order valence-electron chi connectivity index (χ1n) is 6.11. The van der Waals surface area contributed by atoms with Crippen molar-refractivity contribution in [2.75, 3.05) is 5.32 Å². The smallest absolute Gasteiger partial charge is 0.381 e. The van der Waals surface area contributed by atoms with Crippen molar-refractivity contribution >= 4 is 11.4 Å². The van der Waals surface area contributed by atoms with E-state index in [0.717, 1.165) is 12.1 Å². The molecule has 0 radical (unpaired) electrons. The van der Waals surface area contributed by atoms with Gasteiger partial charge in [0.25, 0.3) is 5.69 Å². The van der Waals surface area contributed by atoms with Gasteiger partial charge in [-0.2, -0.15) is 13.2 Å². The second-order valence-electron chi connectivity index (χ2n) is 4.46. The van der Waals surface area contributed by atoms with E-state index in [-0.39, 0.29) is 17.8 Å². The topological polar surface area (TPSA) is 55.2 Å². The normalized spacial score (nSPS) is 11.3. The molecule has 116 valence electrons. The van der Waals surface area contributed by atoms with Gasteiger partial charge in [-0.05, 0) is 29.8 Å². The summed E-state index contributed by atoms with van der Waals surface area (Å²) < 4.78 is 51.5. The minimum atomic E-state index is -4.66. The molecule has 8 heteroatoms. The predicted molar refractivity (Wildman–Crippen MR) is 71.8 cm³/mol. The van der Waals surface area contributed by atoms with Crippen LogP contribution < -0.4 is 5.32 Å². The highest BCUT2D eigenvalue weighted by Gasteiger charge is 2.33. The van der Waals surface area contributed by atoms with Crippen LogP contribution in [0.1, 0.15) is 11.1 Å². The van der Waals surface area contributed by atoms with Gasteiger partial charge in [0.2, 0.25) is 0 Å². The van der Waals surface area contributed by atoms with Gasteiger partial charge in [0.1, 0.15) is 5.82 Å². The molecule has 0 atom stereocenters. The monoisotopic (exact) mass is 314 g/mol. The Morgan fingerprint density at radius 3 is 2.27 bits per heavy atom. The Morgan fingerprint density at radius 1 is 1.09 bits per heavy atom. The molecular weight excluding hydrogens is 304 g/mol. The lowest BCUT2D eigenvalue weighted by Crippen LogP contribution is -2.12. The number of hydrogen-bond acceptors (Lipinski definition) is 3. The second-order valence-corrected chi connectivity index (χ2v) is 4.46. The van der Waals surface area contributed by atoms with Gasteiger partial charge >= 0.3 is 6.18 Å². The van der Waals surface area contributed by atoms with Gasteiger partial charge in [-0.1, -0.05) is 6.07 Å². The van der Waals surface area contributed by atoms with Crippen molar-refractivity contribution in [3.63, 3.8) is 0 Å². The lowest BCUT2D eigenvalue weighted by Gasteiger charge is -2.14. The largest absolute Gasteiger partial charge is 0.416 e. The van der Waals surface area contributed by atoms with Crippen molar-refractivity contribution in [3.8, 4) is 0 Å². The molecule has 2 aromatic rings. The minimum absolute atomic E-state index is 0.118. The van der Waals surface area contributed by atoms with Crippen LogP contribution in [-0.4, -0.2) is 4.92 Å². The molecule has 0 aliphatic heterocycles. The standard InChI is InChI=1S/C14H10F4N2O2/c15-10-2-1-9(13(7-10)14(16,17)18)8-19-11-3-5-12(6-4-11)20(21)22/h1-7,19H,8H2. The molecule has 0 aromatic heterocycles. The molecule has 0 aliphatic rings. The number of rotatable bonds is 4. The van der Waals surface area contributed by atoms with Crippen molar-refractivity contribution in [2.24, 2.45) is 0 Å². The van der Waals surface area contributed by atoms with Gasteiger partial charge in [-0.3, -0.25) is 10.1 Å². The van der Waals surface area contributed by atoms with Crippen molar-refractivity contribution in [2.45, 2.75) is 12.7 Å². The van der Waals surface area contributed by atoms with Crippen LogP contribution in [0.3, 0.4) is 0 Å². The van der Waals surface area contributed by atoms with Crippen LogP contribution in [0.4, 0.5) is 28.9 Å².